The normalized spacial score (nSPS) is 15.8. The van der Waals surface area contributed by atoms with Gasteiger partial charge < -0.3 is 15.3 Å². The maximum Gasteiger partial charge on any atom is 0.256 e. The summed E-state index contributed by atoms with van der Waals surface area (Å²) in [5.74, 6) is 1.11. The number of aromatic nitrogens is 3. The minimum absolute atomic E-state index is 0.0274. The number of fused-ring (bicyclic) bond motifs is 1. The topological polar surface area (TPSA) is 82.8 Å². The van der Waals surface area contributed by atoms with Gasteiger partial charge in [-0.25, -0.2) is 4.98 Å². The van der Waals surface area contributed by atoms with E-state index < -0.39 is 5.60 Å². The highest BCUT2D eigenvalue weighted by atomic mass is 16.3. The van der Waals surface area contributed by atoms with Crippen molar-refractivity contribution in [2.45, 2.75) is 44.6 Å². The second-order valence-corrected chi connectivity index (χ2v) is 10.3. The molecule has 7 nitrogen and oxygen atoms in total. The Labute approximate surface area is 205 Å². The molecule has 2 aromatic heterocycles. The van der Waals surface area contributed by atoms with Crippen LogP contribution >= 0.6 is 0 Å². The number of anilines is 2. The smallest absolute Gasteiger partial charge is 0.256 e. The monoisotopic (exact) mass is 469 g/mol. The van der Waals surface area contributed by atoms with Crippen molar-refractivity contribution in [1.29, 1.82) is 0 Å². The van der Waals surface area contributed by atoms with Gasteiger partial charge in [-0.3, -0.25) is 4.79 Å². The second kappa shape index (κ2) is 8.82. The van der Waals surface area contributed by atoms with Crippen LogP contribution < -0.4 is 10.2 Å². The van der Waals surface area contributed by atoms with E-state index in [4.69, 9.17) is 0 Å². The van der Waals surface area contributed by atoms with Crippen molar-refractivity contribution < 1.29 is 9.90 Å². The van der Waals surface area contributed by atoms with Crippen LogP contribution in [0.2, 0.25) is 0 Å². The van der Waals surface area contributed by atoms with E-state index in [1.54, 1.807) is 10.7 Å². The van der Waals surface area contributed by atoms with Crippen molar-refractivity contribution in [2.24, 2.45) is 0 Å². The number of aliphatic hydroxyl groups is 1. The van der Waals surface area contributed by atoms with Crippen molar-refractivity contribution in [3.63, 3.8) is 0 Å². The van der Waals surface area contributed by atoms with Crippen molar-refractivity contribution in [2.75, 3.05) is 23.3 Å². The van der Waals surface area contributed by atoms with Crippen molar-refractivity contribution in [3.8, 4) is 0 Å². The third-order valence-electron chi connectivity index (χ3n) is 6.82. The van der Waals surface area contributed by atoms with E-state index in [2.05, 4.69) is 41.1 Å². The Morgan fingerprint density at radius 2 is 1.69 bits per heavy atom. The van der Waals surface area contributed by atoms with Gasteiger partial charge in [-0.2, -0.15) is 9.61 Å². The zero-order chi connectivity index (χ0) is 24.6. The molecular formula is C28H31N5O2. The Morgan fingerprint density at radius 3 is 2.34 bits per heavy atom. The van der Waals surface area contributed by atoms with E-state index in [9.17, 15) is 9.90 Å². The minimum Gasteiger partial charge on any atom is -0.385 e. The maximum atomic E-state index is 13.0. The highest BCUT2D eigenvalue weighted by molar-refractivity contribution is 6.04. The molecule has 1 aliphatic rings. The van der Waals surface area contributed by atoms with E-state index in [-0.39, 0.29) is 11.3 Å². The number of nitrogens with zero attached hydrogens (tertiary/aromatic N) is 4. The van der Waals surface area contributed by atoms with Crippen LogP contribution in [0.4, 0.5) is 11.6 Å². The summed E-state index contributed by atoms with van der Waals surface area (Å²) in [7, 11) is 0. The molecule has 7 heteroatoms. The molecule has 0 saturated carbocycles. The lowest BCUT2D eigenvalue weighted by Crippen LogP contribution is -2.43. The highest BCUT2D eigenvalue weighted by Gasteiger charge is 2.34. The maximum absolute atomic E-state index is 13.0. The largest absolute Gasteiger partial charge is 0.385 e. The summed E-state index contributed by atoms with van der Waals surface area (Å²) in [5, 5.41) is 18.6. The number of rotatable bonds is 4. The molecule has 4 aromatic rings. The van der Waals surface area contributed by atoms with Crippen LogP contribution in [0.1, 0.15) is 55.1 Å². The molecule has 35 heavy (non-hydrogen) atoms. The summed E-state index contributed by atoms with van der Waals surface area (Å²) in [4.78, 5) is 19.7. The van der Waals surface area contributed by atoms with E-state index >= 15 is 0 Å². The number of carbonyl (C=O) groups excluding carboxylic acids is 1. The summed E-state index contributed by atoms with van der Waals surface area (Å²) < 4.78 is 1.78. The number of piperidine rings is 1. The molecule has 1 amide bonds. The Balaban J connectivity index is 1.36. The molecule has 3 heterocycles. The van der Waals surface area contributed by atoms with E-state index in [1.165, 1.54) is 5.56 Å². The van der Waals surface area contributed by atoms with Crippen LogP contribution in [0.25, 0.3) is 5.65 Å². The molecule has 0 unspecified atom stereocenters. The Hall–Kier alpha value is -3.71. The summed E-state index contributed by atoms with van der Waals surface area (Å²) in [6, 6.07) is 21.2. The van der Waals surface area contributed by atoms with Gasteiger partial charge in [0.25, 0.3) is 5.91 Å². The lowest BCUT2D eigenvalue weighted by Gasteiger charge is -2.39. The van der Waals surface area contributed by atoms with Crippen LogP contribution in [0.15, 0.2) is 72.9 Å². The zero-order valence-electron chi connectivity index (χ0n) is 20.4. The predicted octanol–water partition coefficient (Wildman–Crippen LogP) is 4.77. The van der Waals surface area contributed by atoms with Crippen LogP contribution in [-0.2, 0) is 11.0 Å². The van der Waals surface area contributed by atoms with Gasteiger partial charge in [-0.15, -0.1) is 0 Å². The van der Waals surface area contributed by atoms with E-state index in [1.807, 2.05) is 66.7 Å². The second-order valence-electron chi connectivity index (χ2n) is 10.3. The molecule has 180 valence electrons. The summed E-state index contributed by atoms with van der Waals surface area (Å²) in [5.41, 5.74) is 2.55. The van der Waals surface area contributed by atoms with E-state index in [0.717, 1.165) is 11.4 Å². The first-order chi connectivity index (χ1) is 16.7. The van der Waals surface area contributed by atoms with Gasteiger partial charge in [0, 0.05) is 30.8 Å². The van der Waals surface area contributed by atoms with Gasteiger partial charge in [0.2, 0.25) is 0 Å². The number of nitrogens with one attached hydrogen (secondary N) is 1. The van der Waals surface area contributed by atoms with Gasteiger partial charge in [0.15, 0.2) is 5.65 Å². The Bertz CT molecular complexity index is 1330. The highest BCUT2D eigenvalue weighted by Crippen LogP contribution is 2.35. The number of carbonyl (C=O) groups is 1. The standard InChI is InChI=1S/C28H31N5O2/c1-27(2,3)21-11-9-20(10-12-21)26(34)31-23-19-25(33-24(30-23)13-16-29-33)32-17-14-28(35,15-18-32)22-7-5-4-6-8-22/h4-13,16,19,35H,14-15,17-18H2,1-3H3,(H,30,31,34). The fraction of sp³-hybridized carbons (Fsp3) is 0.321. The predicted molar refractivity (Wildman–Crippen MR) is 138 cm³/mol. The molecule has 2 N–H and O–H groups in total. The Morgan fingerprint density at radius 1 is 1.00 bits per heavy atom. The number of amides is 1. The first-order valence-electron chi connectivity index (χ1n) is 12.0. The number of benzene rings is 2. The summed E-state index contributed by atoms with van der Waals surface area (Å²) >= 11 is 0. The molecule has 5 rings (SSSR count). The summed E-state index contributed by atoms with van der Waals surface area (Å²) in [6.07, 6.45) is 2.90. The average molecular weight is 470 g/mol. The molecule has 0 bridgehead atoms. The van der Waals surface area contributed by atoms with Crippen LogP contribution in [0, 0.1) is 0 Å². The lowest BCUT2D eigenvalue weighted by molar-refractivity contribution is 0.0116. The van der Waals surface area contributed by atoms with Crippen LogP contribution in [0.3, 0.4) is 0 Å². The summed E-state index contributed by atoms with van der Waals surface area (Å²) in [6.45, 7) is 7.76. The SMILES string of the molecule is CC(C)(C)c1ccc(C(=O)Nc2cc(N3CCC(O)(c4ccccc4)CC3)n3nccc3n2)cc1. The van der Waals surface area contributed by atoms with Gasteiger partial charge in [-0.05, 0) is 41.5 Å². The molecule has 0 spiro atoms. The lowest BCUT2D eigenvalue weighted by atomic mass is 9.84. The first-order valence-corrected chi connectivity index (χ1v) is 12.0. The minimum atomic E-state index is -0.843. The molecular weight excluding hydrogens is 438 g/mol. The van der Waals surface area contributed by atoms with Crippen molar-refractivity contribution in [1.82, 2.24) is 14.6 Å². The molecule has 0 radical (unpaired) electrons. The zero-order valence-corrected chi connectivity index (χ0v) is 20.4. The molecule has 0 atom stereocenters. The molecule has 0 aliphatic carbocycles. The molecule has 1 fully saturated rings. The van der Waals surface area contributed by atoms with Gasteiger partial charge >= 0.3 is 0 Å². The number of hydrogen-bond donors (Lipinski definition) is 2. The quantitative estimate of drug-likeness (QED) is 0.450. The molecule has 1 aliphatic heterocycles. The van der Waals surface area contributed by atoms with Crippen molar-refractivity contribution in [3.05, 3.63) is 89.6 Å². The fourth-order valence-corrected chi connectivity index (χ4v) is 4.64. The van der Waals surface area contributed by atoms with Crippen molar-refractivity contribution >= 4 is 23.2 Å². The van der Waals surface area contributed by atoms with Crippen LogP contribution in [-0.4, -0.2) is 38.7 Å². The van der Waals surface area contributed by atoms with Gasteiger partial charge in [0.05, 0.1) is 11.8 Å². The van der Waals surface area contributed by atoms with Gasteiger partial charge in [0.1, 0.15) is 11.6 Å². The number of hydrogen-bond acceptors (Lipinski definition) is 5. The first kappa shape index (κ1) is 23.1. The third kappa shape index (κ3) is 4.64. The fourth-order valence-electron chi connectivity index (χ4n) is 4.64. The third-order valence-corrected chi connectivity index (χ3v) is 6.82. The Kier molecular flexibility index (Phi) is 5.81. The van der Waals surface area contributed by atoms with Crippen LogP contribution in [0.5, 0.6) is 0 Å². The van der Waals surface area contributed by atoms with Gasteiger partial charge in [-0.1, -0.05) is 63.2 Å². The average Bonchev–Trinajstić information content (AvgIpc) is 3.33. The molecule has 1 saturated heterocycles. The van der Waals surface area contributed by atoms with E-state index in [0.29, 0.717) is 43.0 Å². The molecule has 2 aromatic carbocycles.